The van der Waals surface area contributed by atoms with E-state index >= 15 is 0 Å². The summed E-state index contributed by atoms with van der Waals surface area (Å²) < 4.78 is 10.9. The predicted molar refractivity (Wildman–Crippen MR) is 46.6 cm³/mol. The number of hydrogen-bond acceptors (Lipinski definition) is 2. The van der Waals surface area contributed by atoms with Crippen molar-refractivity contribution < 1.29 is 9.47 Å². The van der Waals surface area contributed by atoms with Gasteiger partial charge < -0.3 is 9.47 Å². The van der Waals surface area contributed by atoms with Crippen LogP contribution in [-0.4, -0.2) is 6.29 Å². The molecule has 1 atom stereocenters. The molecule has 1 aromatic carbocycles. The van der Waals surface area contributed by atoms with E-state index in [1.165, 1.54) is 5.56 Å². The maximum Gasteiger partial charge on any atom is 0.238 e. The zero-order chi connectivity index (χ0) is 8.72. The lowest BCUT2D eigenvalue weighted by Crippen LogP contribution is -2.11. The number of rotatable bonds is 0. The van der Waals surface area contributed by atoms with Gasteiger partial charge in [0.2, 0.25) is 6.29 Å². The molecule has 1 aliphatic heterocycles. The topological polar surface area (TPSA) is 18.5 Å². The summed E-state index contributed by atoms with van der Waals surface area (Å²) in [6.07, 6.45) is -0.138. The van der Waals surface area contributed by atoms with Gasteiger partial charge >= 0.3 is 0 Å². The smallest absolute Gasteiger partial charge is 0.238 e. The zero-order valence-corrected chi connectivity index (χ0v) is 7.55. The van der Waals surface area contributed by atoms with Gasteiger partial charge in [-0.2, -0.15) is 0 Å². The predicted octanol–water partition coefficient (Wildman–Crippen LogP) is 2.42. The van der Waals surface area contributed by atoms with Gasteiger partial charge in [0.15, 0.2) is 11.5 Å². The van der Waals surface area contributed by atoms with Crippen molar-refractivity contribution >= 4 is 0 Å². The van der Waals surface area contributed by atoms with Crippen molar-refractivity contribution in [2.24, 2.45) is 0 Å². The first-order valence-electron chi connectivity index (χ1n) is 4.11. The Balaban J connectivity index is 2.52. The van der Waals surface area contributed by atoms with E-state index in [1.54, 1.807) is 0 Å². The summed E-state index contributed by atoms with van der Waals surface area (Å²) >= 11 is 0. The van der Waals surface area contributed by atoms with Crippen molar-refractivity contribution in [3.05, 3.63) is 23.3 Å². The van der Waals surface area contributed by atoms with Crippen LogP contribution < -0.4 is 9.47 Å². The van der Waals surface area contributed by atoms with E-state index < -0.39 is 0 Å². The molecule has 0 bridgehead atoms. The first kappa shape index (κ1) is 7.47. The van der Waals surface area contributed by atoms with E-state index in [-0.39, 0.29) is 6.29 Å². The van der Waals surface area contributed by atoms with Crippen LogP contribution in [0.4, 0.5) is 0 Å². The number of ether oxygens (including phenoxy) is 2. The molecule has 12 heavy (non-hydrogen) atoms. The summed E-state index contributed by atoms with van der Waals surface area (Å²) in [6, 6.07) is 4.10. The quantitative estimate of drug-likeness (QED) is 0.586. The molecule has 0 aliphatic carbocycles. The molecule has 1 heterocycles. The average Bonchev–Trinajstić information content (AvgIpc) is 2.29. The lowest BCUT2D eigenvalue weighted by molar-refractivity contribution is 0.0675. The second kappa shape index (κ2) is 2.41. The minimum absolute atomic E-state index is 0.138. The van der Waals surface area contributed by atoms with E-state index in [4.69, 9.17) is 9.47 Å². The third-order valence-corrected chi connectivity index (χ3v) is 1.96. The third-order valence-electron chi connectivity index (χ3n) is 1.96. The molecule has 0 N–H and O–H groups in total. The molecule has 2 rings (SSSR count). The van der Waals surface area contributed by atoms with E-state index in [1.807, 2.05) is 19.9 Å². The number of fused-ring (bicyclic) bond motifs is 1. The maximum atomic E-state index is 5.47. The molecular weight excluding hydrogens is 152 g/mol. The van der Waals surface area contributed by atoms with Crippen LogP contribution in [0.15, 0.2) is 12.1 Å². The second-order valence-corrected chi connectivity index (χ2v) is 3.21. The lowest BCUT2D eigenvalue weighted by Gasteiger charge is -2.01. The monoisotopic (exact) mass is 164 g/mol. The molecule has 1 aromatic rings. The van der Waals surface area contributed by atoms with Crippen molar-refractivity contribution in [2.45, 2.75) is 27.1 Å². The van der Waals surface area contributed by atoms with Crippen LogP contribution in [0.3, 0.4) is 0 Å². The van der Waals surface area contributed by atoms with Gasteiger partial charge in [-0.15, -0.1) is 0 Å². The van der Waals surface area contributed by atoms with E-state index in [0.717, 1.165) is 17.1 Å². The Labute approximate surface area is 72.1 Å². The molecule has 64 valence electrons. The Morgan fingerprint density at radius 2 is 1.92 bits per heavy atom. The van der Waals surface area contributed by atoms with E-state index in [2.05, 4.69) is 13.0 Å². The van der Waals surface area contributed by atoms with Crippen molar-refractivity contribution in [3.8, 4) is 11.5 Å². The zero-order valence-electron chi connectivity index (χ0n) is 7.55. The molecular formula is C10H12O2. The minimum Gasteiger partial charge on any atom is -0.451 e. The first-order chi connectivity index (χ1) is 5.66. The Kier molecular flexibility index (Phi) is 1.50. The summed E-state index contributed by atoms with van der Waals surface area (Å²) in [7, 11) is 0. The van der Waals surface area contributed by atoms with Gasteiger partial charge in [0.05, 0.1) is 0 Å². The highest BCUT2D eigenvalue weighted by molar-refractivity contribution is 5.50. The fourth-order valence-corrected chi connectivity index (χ4v) is 1.52. The molecule has 0 radical (unpaired) electrons. The molecule has 2 nitrogen and oxygen atoms in total. The molecule has 0 saturated carbocycles. The summed E-state index contributed by atoms with van der Waals surface area (Å²) in [5.41, 5.74) is 2.36. The highest BCUT2D eigenvalue weighted by Gasteiger charge is 2.21. The summed E-state index contributed by atoms with van der Waals surface area (Å²) in [5.74, 6) is 1.77. The SMILES string of the molecule is Cc1cc(C)c2c(c1)OC(C)O2. The Morgan fingerprint density at radius 3 is 2.67 bits per heavy atom. The Hall–Kier alpha value is -1.18. The molecule has 1 aliphatic rings. The first-order valence-corrected chi connectivity index (χ1v) is 4.11. The lowest BCUT2D eigenvalue weighted by atomic mass is 10.1. The van der Waals surface area contributed by atoms with E-state index in [9.17, 15) is 0 Å². The van der Waals surface area contributed by atoms with Gasteiger partial charge in [0.1, 0.15) is 0 Å². The molecule has 2 heteroatoms. The van der Waals surface area contributed by atoms with Gasteiger partial charge in [-0.1, -0.05) is 6.07 Å². The summed E-state index contributed by atoms with van der Waals surface area (Å²) in [6.45, 7) is 5.99. The number of benzene rings is 1. The highest BCUT2D eigenvalue weighted by Crippen LogP contribution is 2.38. The Bertz CT molecular complexity index is 318. The van der Waals surface area contributed by atoms with Crippen LogP contribution in [0.25, 0.3) is 0 Å². The van der Waals surface area contributed by atoms with Gasteiger partial charge in [0, 0.05) is 6.92 Å². The summed E-state index contributed by atoms with van der Waals surface area (Å²) in [5, 5.41) is 0. The standard InChI is InChI=1S/C10H12O2/c1-6-4-7(2)10-9(5-6)11-8(3)12-10/h4-5,8H,1-3H3. The van der Waals surface area contributed by atoms with Gasteiger partial charge in [-0.05, 0) is 31.0 Å². The molecule has 0 saturated heterocycles. The highest BCUT2D eigenvalue weighted by atomic mass is 16.7. The van der Waals surface area contributed by atoms with Gasteiger partial charge in [-0.25, -0.2) is 0 Å². The largest absolute Gasteiger partial charge is 0.451 e. The van der Waals surface area contributed by atoms with Crippen LogP contribution in [0.1, 0.15) is 18.1 Å². The fourth-order valence-electron chi connectivity index (χ4n) is 1.52. The van der Waals surface area contributed by atoms with Crippen LogP contribution in [0, 0.1) is 13.8 Å². The van der Waals surface area contributed by atoms with Crippen LogP contribution in [0.5, 0.6) is 11.5 Å². The van der Waals surface area contributed by atoms with Crippen molar-refractivity contribution in [1.82, 2.24) is 0 Å². The maximum absolute atomic E-state index is 5.47. The normalized spacial score (nSPS) is 19.8. The van der Waals surface area contributed by atoms with Crippen molar-refractivity contribution in [3.63, 3.8) is 0 Å². The fraction of sp³-hybridized carbons (Fsp3) is 0.400. The minimum atomic E-state index is -0.138. The second-order valence-electron chi connectivity index (χ2n) is 3.21. The number of hydrogen-bond donors (Lipinski definition) is 0. The summed E-state index contributed by atoms with van der Waals surface area (Å²) in [4.78, 5) is 0. The van der Waals surface area contributed by atoms with Gasteiger partial charge in [-0.3, -0.25) is 0 Å². The van der Waals surface area contributed by atoms with Crippen LogP contribution in [0.2, 0.25) is 0 Å². The van der Waals surface area contributed by atoms with Crippen LogP contribution >= 0.6 is 0 Å². The molecule has 0 aromatic heterocycles. The average molecular weight is 164 g/mol. The van der Waals surface area contributed by atoms with Crippen LogP contribution in [-0.2, 0) is 0 Å². The number of aryl methyl sites for hydroxylation is 2. The molecule has 0 amide bonds. The third kappa shape index (κ3) is 1.04. The van der Waals surface area contributed by atoms with Crippen molar-refractivity contribution in [1.29, 1.82) is 0 Å². The molecule has 0 spiro atoms. The molecule has 1 unspecified atom stereocenters. The van der Waals surface area contributed by atoms with Crippen molar-refractivity contribution in [2.75, 3.05) is 0 Å². The van der Waals surface area contributed by atoms with E-state index in [0.29, 0.717) is 0 Å². The Morgan fingerprint density at radius 1 is 1.17 bits per heavy atom. The van der Waals surface area contributed by atoms with Gasteiger partial charge in [0.25, 0.3) is 0 Å². The molecule has 0 fully saturated rings.